The predicted octanol–water partition coefficient (Wildman–Crippen LogP) is 3.86. The van der Waals surface area contributed by atoms with Crippen LogP contribution >= 0.6 is 24.0 Å². The fourth-order valence-corrected chi connectivity index (χ4v) is 3.73. The molecule has 1 atom stereocenters. The lowest BCUT2D eigenvalue weighted by Gasteiger charge is -2.35. The van der Waals surface area contributed by atoms with Gasteiger partial charge in [0.05, 0.1) is 0 Å². The first kappa shape index (κ1) is 17.0. The van der Waals surface area contributed by atoms with Crippen molar-refractivity contribution in [1.29, 1.82) is 0 Å². The maximum absolute atomic E-state index is 13.8. The molecule has 1 unspecified atom stereocenters. The minimum atomic E-state index is -0.144. The number of hydrogen-bond donors (Lipinski definition) is 1. The van der Waals surface area contributed by atoms with Crippen LogP contribution in [0.3, 0.4) is 0 Å². The van der Waals surface area contributed by atoms with Gasteiger partial charge in [-0.25, -0.2) is 4.39 Å². The van der Waals surface area contributed by atoms with E-state index >= 15 is 0 Å². The minimum absolute atomic E-state index is 0. The molecule has 1 N–H and O–H groups in total. The Morgan fingerprint density at radius 3 is 2.67 bits per heavy atom. The van der Waals surface area contributed by atoms with Gasteiger partial charge in [0, 0.05) is 23.2 Å². The van der Waals surface area contributed by atoms with E-state index in [0.717, 1.165) is 30.6 Å². The van der Waals surface area contributed by atoms with Crippen LogP contribution in [0.1, 0.15) is 31.2 Å². The SMILES string of the molecule is Cl.Fc1ccc(Cl)cc1CN1CCC(C2CCCN2)CC1. The average molecular weight is 333 g/mol. The van der Waals surface area contributed by atoms with Crippen molar-refractivity contribution < 1.29 is 4.39 Å². The van der Waals surface area contributed by atoms with E-state index in [0.29, 0.717) is 11.6 Å². The number of piperidine rings is 1. The third kappa shape index (κ3) is 4.32. The van der Waals surface area contributed by atoms with Gasteiger partial charge in [0.15, 0.2) is 0 Å². The molecular formula is C16H23Cl2FN2. The Balaban J connectivity index is 0.00000161. The van der Waals surface area contributed by atoms with Gasteiger partial charge in [-0.2, -0.15) is 0 Å². The Morgan fingerprint density at radius 2 is 2.00 bits per heavy atom. The average Bonchev–Trinajstić information content (AvgIpc) is 2.98. The second-order valence-corrected chi connectivity index (χ2v) is 6.49. The first-order valence-corrected chi connectivity index (χ1v) is 8.00. The summed E-state index contributed by atoms with van der Waals surface area (Å²) in [6, 6.07) is 5.55. The zero-order chi connectivity index (χ0) is 13.9. The Bertz CT molecular complexity index is 456. The first-order chi connectivity index (χ1) is 9.72. The van der Waals surface area contributed by atoms with E-state index in [4.69, 9.17) is 11.6 Å². The molecule has 1 aromatic rings. The van der Waals surface area contributed by atoms with E-state index in [9.17, 15) is 4.39 Å². The van der Waals surface area contributed by atoms with Gasteiger partial charge < -0.3 is 5.32 Å². The summed E-state index contributed by atoms with van der Waals surface area (Å²) in [5.41, 5.74) is 0.718. The van der Waals surface area contributed by atoms with Gasteiger partial charge in [0.25, 0.3) is 0 Å². The van der Waals surface area contributed by atoms with Crippen molar-refractivity contribution >= 4 is 24.0 Å². The van der Waals surface area contributed by atoms with Crippen molar-refractivity contribution in [3.63, 3.8) is 0 Å². The quantitative estimate of drug-likeness (QED) is 0.903. The summed E-state index contributed by atoms with van der Waals surface area (Å²) in [7, 11) is 0. The van der Waals surface area contributed by atoms with Crippen molar-refractivity contribution in [2.45, 2.75) is 38.3 Å². The lowest BCUT2D eigenvalue weighted by atomic mass is 9.88. The van der Waals surface area contributed by atoms with Crippen molar-refractivity contribution in [1.82, 2.24) is 10.2 Å². The summed E-state index contributed by atoms with van der Waals surface area (Å²) in [5.74, 6) is 0.659. The van der Waals surface area contributed by atoms with Gasteiger partial charge in [-0.1, -0.05) is 11.6 Å². The highest BCUT2D eigenvalue weighted by Gasteiger charge is 2.28. The zero-order valence-corrected chi connectivity index (χ0v) is 13.7. The third-order valence-corrected chi connectivity index (χ3v) is 4.94. The monoisotopic (exact) mass is 332 g/mol. The Kier molecular flexibility index (Phi) is 6.30. The van der Waals surface area contributed by atoms with E-state index < -0.39 is 0 Å². The van der Waals surface area contributed by atoms with Crippen LogP contribution in [0.2, 0.25) is 5.02 Å². The number of hydrogen-bond acceptors (Lipinski definition) is 2. The van der Waals surface area contributed by atoms with Gasteiger partial charge in [0.1, 0.15) is 5.82 Å². The molecule has 0 spiro atoms. The summed E-state index contributed by atoms with van der Waals surface area (Å²) in [6.07, 6.45) is 5.09. The Hall–Kier alpha value is -0.350. The number of nitrogens with one attached hydrogen (secondary N) is 1. The van der Waals surface area contributed by atoms with Crippen molar-refractivity contribution in [2.75, 3.05) is 19.6 Å². The normalized spacial score (nSPS) is 24.0. The van der Waals surface area contributed by atoms with Crippen molar-refractivity contribution in [3.05, 3.63) is 34.6 Å². The van der Waals surface area contributed by atoms with Gasteiger partial charge >= 0.3 is 0 Å². The molecule has 0 bridgehead atoms. The molecule has 5 heteroatoms. The number of rotatable bonds is 3. The predicted molar refractivity (Wildman–Crippen MR) is 87.7 cm³/mol. The highest BCUT2D eigenvalue weighted by molar-refractivity contribution is 6.30. The molecule has 0 saturated carbocycles. The topological polar surface area (TPSA) is 15.3 Å². The molecule has 2 fully saturated rings. The molecule has 2 nitrogen and oxygen atoms in total. The van der Waals surface area contributed by atoms with Gasteiger partial charge in [-0.15, -0.1) is 12.4 Å². The molecule has 0 aromatic heterocycles. The summed E-state index contributed by atoms with van der Waals surface area (Å²) in [6.45, 7) is 3.99. The number of nitrogens with zero attached hydrogens (tertiary/aromatic N) is 1. The number of benzene rings is 1. The number of likely N-dealkylation sites (tertiary alicyclic amines) is 1. The van der Waals surface area contributed by atoms with E-state index in [1.807, 2.05) is 0 Å². The summed E-state index contributed by atoms with van der Waals surface area (Å²) in [5, 5.41) is 4.23. The molecule has 118 valence electrons. The minimum Gasteiger partial charge on any atom is -0.314 e. The standard InChI is InChI=1S/C16H22ClFN2.ClH/c17-14-3-4-15(18)13(10-14)11-20-8-5-12(6-9-20)16-2-1-7-19-16;/h3-4,10,12,16,19H,1-2,5-9,11H2;1H. The highest BCUT2D eigenvalue weighted by atomic mass is 35.5. The third-order valence-electron chi connectivity index (χ3n) is 4.70. The molecule has 21 heavy (non-hydrogen) atoms. The van der Waals surface area contributed by atoms with Crippen LogP contribution in [0.15, 0.2) is 18.2 Å². The fraction of sp³-hybridized carbons (Fsp3) is 0.625. The van der Waals surface area contributed by atoms with E-state index in [2.05, 4.69) is 10.2 Å². The van der Waals surface area contributed by atoms with E-state index in [-0.39, 0.29) is 18.2 Å². The molecule has 1 aromatic carbocycles. The second kappa shape index (κ2) is 7.77. The molecular weight excluding hydrogens is 310 g/mol. The summed E-state index contributed by atoms with van der Waals surface area (Å²) in [4.78, 5) is 2.35. The highest BCUT2D eigenvalue weighted by Crippen LogP contribution is 2.27. The smallest absolute Gasteiger partial charge is 0.127 e. The van der Waals surface area contributed by atoms with Crippen molar-refractivity contribution in [2.24, 2.45) is 5.92 Å². The van der Waals surface area contributed by atoms with Gasteiger partial charge in [-0.3, -0.25) is 4.90 Å². The van der Waals surface area contributed by atoms with Gasteiger partial charge in [0.2, 0.25) is 0 Å². The molecule has 0 amide bonds. The molecule has 0 aliphatic carbocycles. The lowest BCUT2D eigenvalue weighted by Crippen LogP contribution is -2.40. The fourth-order valence-electron chi connectivity index (χ4n) is 3.53. The van der Waals surface area contributed by atoms with Crippen LogP contribution in [0.4, 0.5) is 4.39 Å². The maximum atomic E-state index is 13.8. The first-order valence-electron chi connectivity index (χ1n) is 7.62. The molecule has 2 saturated heterocycles. The van der Waals surface area contributed by atoms with Crippen LogP contribution < -0.4 is 5.32 Å². The lowest BCUT2D eigenvalue weighted by molar-refractivity contribution is 0.156. The van der Waals surface area contributed by atoms with Crippen LogP contribution in [-0.4, -0.2) is 30.6 Å². The van der Waals surface area contributed by atoms with Crippen LogP contribution in [0.25, 0.3) is 0 Å². The van der Waals surface area contributed by atoms with Crippen molar-refractivity contribution in [3.8, 4) is 0 Å². The van der Waals surface area contributed by atoms with E-state index in [1.165, 1.54) is 38.3 Å². The summed E-state index contributed by atoms with van der Waals surface area (Å²) < 4.78 is 13.8. The van der Waals surface area contributed by atoms with Gasteiger partial charge in [-0.05, 0) is 69.4 Å². The molecule has 0 radical (unpaired) electrons. The second-order valence-electron chi connectivity index (χ2n) is 6.05. The zero-order valence-electron chi connectivity index (χ0n) is 12.2. The number of halogens is 3. The molecule has 2 heterocycles. The molecule has 2 aliphatic heterocycles. The van der Waals surface area contributed by atoms with E-state index in [1.54, 1.807) is 12.1 Å². The Morgan fingerprint density at radius 1 is 1.24 bits per heavy atom. The Labute approximate surface area is 137 Å². The van der Waals surface area contributed by atoms with Crippen LogP contribution in [0.5, 0.6) is 0 Å². The maximum Gasteiger partial charge on any atom is 0.127 e. The molecule has 2 aliphatic rings. The summed E-state index contributed by atoms with van der Waals surface area (Å²) >= 11 is 5.95. The molecule has 3 rings (SSSR count). The van der Waals surface area contributed by atoms with Crippen LogP contribution in [-0.2, 0) is 6.54 Å². The largest absolute Gasteiger partial charge is 0.314 e. The van der Waals surface area contributed by atoms with Crippen LogP contribution in [0, 0.1) is 11.7 Å².